The molecule has 5 heteroatoms. The predicted octanol–water partition coefficient (Wildman–Crippen LogP) is 1.77. The lowest BCUT2D eigenvalue weighted by Gasteiger charge is -2.06. The number of hydrogen-bond acceptors (Lipinski definition) is 2. The summed E-state index contributed by atoms with van der Waals surface area (Å²) in [4.78, 5) is 0. The van der Waals surface area contributed by atoms with Crippen LogP contribution in [-0.2, 0) is 0 Å². The topological polar surface area (TPSA) is 29.5 Å². The van der Waals surface area contributed by atoms with Gasteiger partial charge in [-0.25, -0.2) is 4.39 Å². The molecule has 0 fully saturated rings. The average molecular weight is 216 g/mol. The summed E-state index contributed by atoms with van der Waals surface area (Å²) >= 11 is 0. The zero-order chi connectivity index (χ0) is 11.3. The number of aliphatic hydroxyl groups excluding tert-OH is 1. The Morgan fingerprint density at radius 2 is 2.13 bits per heavy atom. The number of rotatable bonds is 2. The quantitative estimate of drug-likeness (QED) is 0.763. The van der Waals surface area contributed by atoms with Gasteiger partial charge >= 0.3 is 6.61 Å². The van der Waals surface area contributed by atoms with Gasteiger partial charge in [0.2, 0.25) is 0 Å². The van der Waals surface area contributed by atoms with Crippen LogP contribution in [-0.4, -0.2) is 18.3 Å². The van der Waals surface area contributed by atoms with Gasteiger partial charge in [0.1, 0.15) is 18.2 Å². The van der Waals surface area contributed by atoms with Crippen molar-refractivity contribution in [2.24, 2.45) is 0 Å². The monoisotopic (exact) mass is 216 g/mol. The first kappa shape index (κ1) is 11.4. The van der Waals surface area contributed by atoms with E-state index in [4.69, 9.17) is 5.11 Å². The largest absolute Gasteiger partial charge is 0.433 e. The number of benzene rings is 1. The molecule has 0 aromatic heterocycles. The fourth-order valence-electron chi connectivity index (χ4n) is 0.928. The molecule has 0 amide bonds. The van der Waals surface area contributed by atoms with Crippen LogP contribution in [0.3, 0.4) is 0 Å². The van der Waals surface area contributed by atoms with E-state index in [1.165, 1.54) is 6.07 Å². The molecule has 0 atom stereocenters. The van der Waals surface area contributed by atoms with Crippen LogP contribution in [0.1, 0.15) is 5.56 Å². The molecule has 1 aromatic rings. The first-order chi connectivity index (χ1) is 7.13. The summed E-state index contributed by atoms with van der Waals surface area (Å²) in [5.74, 6) is 3.59. The lowest BCUT2D eigenvalue weighted by atomic mass is 10.2. The van der Waals surface area contributed by atoms with Crippen LogP contribution < -0.4 is 4.74 Å². The van der Waals surface area contributed by atoms with Gasteiger partial charge in [-0.05, 0) is 12.1 Å². The highest BCUT2D eigenvalue weighted by molar-refractivity contribution is 5.46. The molecule has 80 valence electrons. The summed E-state index contributed by atoms with van der Waals surface area (Å²) in [7, 11) is 0. The predicted molar refractivity (Wildman–Crippen MR) is 47.0 cm³/mol. The van der Waals surface area contributed by atoms with Gasteiger partial charge in [0.25, 0.3) is 0 Å². The van der Waals surface area contributed by atoms with Crippen molar-refractivity contribution in [1.82, 2.24) is 0 Å². The van der Waals surface area contributed by atoms with Gasteiger partial charge in [-0.3, -0.25) is 0 Å². The molecule has 0 aliphatic carbocycles. The van der Waals surface area contributed by atoms with Crippen LogP contribution >= 0.6 is 0 Å². The van der Waals surface area contributed by atoms with Gasteiger partial charge < -0.3 is 9.84 Å². The number of halogens is 3. The Labute approximate surface area is 84.3 Å². The maximum atomic E-state index is 12.7. The van der Waals surface area contributed by atoms with E-state index in [-0.39, 0.29) is 11.3 Å². The molecule has 0 bridgehead atoms. The van der Waals surface area contributed by atoms with E-state index in [1.807, 2.05) is 0 Å². The third-order valence-electron chi connectivity index (χ3n) is 1.46. The number of hydrogen-bond donors (Lipinski definition) is 1. The summed E-state index contributed by atoms with van der Waals surface area (Å²) < 4.78 is 40.6. The van der Waals surface area contributed by atoms with Gasteiger partial charge in [0, 0.05) is 6.07 Å². The van der Waals surface area contributed by atoms with Crippen molar-refractivity contribution in [1.29, 1.82) is 0 Å². The molecular weight excluding hydrogens is 209 g/mol. The second-order valence-electron chi connectivity index (χ2n) is 2.48. The molecule has 0 saturated heterocycles. The Kier molecular flexibility index (Phi) is 4.01. The van der Waals surface area contributed by atoms with Crippen LogP contribution in [0.15, 0.2) is 18.2 Å². The van der Waals surface area contributed by atoms with Gasteiger partial charge in [0.05, 0.1) is 5.56 Å². The fourth-order valence-corrected chi connectivity index (χ4v) is 0.928. The molecule has 0 heterocycles. The Morgan fingerprint density at radius 3 is 2.73 bits per heavy atom. The standard InChI is InChI=1S/C10H7F3O2/c11-8-4-3-7(2-1-5-14)9(6-8)15-10(12)13/h3-4,6,10,14H,5H2. The van der Waals surface area contributed by atoms with Crippen molar-refractivity contribution in [3.8, 4) is 17.6 Å². The molecule has 15 heavy (non-hydrogen) atoms. The maximum Gasteiger partial charge on any atom is 0.387 e. The molecule has 1 aromatic carbocycles. The molecule has 0 radical (unpaired) electrons. The van der Waals surface area contributed by atoms with Crippen molar-refractivity contribution in [2.75, 3.05) is 6.61 Å². The molecule has 1 rings (SSSR count). The minimum absolute atomic E-state index is 0.103. The van der Waals surface area contributed by atoms with E-state index in [2.05, 4.69) is 16.6 Å². The van der Waals surface area contributed by atoms with Gasteiger partial charge in [0.15, 0.2) is 0 Å². The van der Waals surface area contributed by atoms with Gasteiger partial charge in [-0.1, -0.05) is 11.8 Å². The summed E-state index contributed by atoms with van der Waals surface area (Å²) in [6.45, 7) is -3.45. The lowest BCUT2D eigenvalue weighted by molar-refractivity contribution is -0.0501. The highest BCUT2D eigenvalue weighted by Crippen LogP contribution is 2.20. The summed E-state index contributed by atoms with van der Waals surface area (Å²) in [5, 5.41) is 8.42. The summed E-state index contributed by atoms with van der Waals surface area (Å²) in [6.07, 6.45) is 0. The highest BCUT2D eigenvalue weighted by Gasteiger charge is 2.09. The van der Waals surface area contributed by atoms with E-state index in [9.17, 15) is 13.2 Å². The average Bonchev–Trinajstić information content (AvgIpc) is 2.16. The number of aliphatic hydroxyl groups is 1. The van der Waals surface area contributed by atoms with E-state index in [0.29, 0.717) is 0 Å². The zero-order valence-electron chi connectivity index (χ0n) is 7.51. The van der Waals surface area contributed by atoms with Gasteiger partial charge in [-0.15, -0.1) is 0 Å². The van der Waals surface area contributed by atoms with E-state index in [1.54, 1.807) is 0 Å². The molecule has 0 saturated carbocycles. The van der Waals surface area contributed by atoms with E-state index in [0.717, 1.165) is 12.1 Å². The Morgan fingerprint density at radius 1 is 1.40 bits per heavy atom. The van der Waals surface area contributed by atoms with Crippen molar-refractivity contribution >= 4 is 0 Å². The fraction of sp³-hybridized carbons (Fsp3) is 0.200. The molecule has 0 spiro atoms. The summed E-state index contributed by atoms with van der Waals surface area (Å²) in [6, 6.07) is 3.09. The second-order valence-corrected chi connectivity index (χ2v) is 2.48. The van der Waals surface area contributed by atoms with Crippen LogP contribution in [0.5, 0.6) is 5.75 Å². The minimum Gasteiger partial charge on any atom is -0.433 e. The molecule has 0 aliphatic rings. The Bertz CT molecular complexity index is 393. The molecular formula is C10H7F3O2. The van der Waals surface area contributed by atoms with Gasteiger partial charge in [-0.2, -0.15) is 8.78 Å². The maximum absolute atomic E-state index is 12.7. The van der Waals surface area contributed by atoms with E-state index < -0.39 is 19.0 Å². The van der Waals surface area contributed by atoms with Crippen LogP contribution in [0, 0.1) is 17.7 Å². The third-order valence-corrected chi connectivity index (χ3v) is 1.46. The second kappa shape index (κ2) is 5.27. The normalized spacial score (nSPS) is 9.67. The van der Waals surface area contributed by atoms with Crippen LogP contribution in [0.4, 0.5) is 13.2 Å². The van der Waals surface area contributed by atoms with Crippen LogP contribution in [0.2, 0.25) is 0 Å². The Hall–Kier alpha value is -1.67. The number of alkyl halides is 2. The smallest absolute Gasteiger partial charge is 0.387 e. The number of ether oxygens (including phenoxy) is 1. The lowest BCUT2D eigenvalue weighted by Crippen LogP contribution is -2.03. The molecule has 1 N–H and O–H groups in total. The zero-order valence-corrected chi connectivity index (χ0v) is 7.51. The van der Waals surface area contributed by atoms with Crippen molar-refractivity contribution in [3.63, 3.8) is 0 Å². The molecule has 0 unspecified atom stereocenters. The van der Waals surface area contributed by atoms with Crippen molar-refractivity contribution in [3.05, 3.63) is 29.6 Å². The first-order valence-corrected chi connectivity index (χ1v) is 3.97. The minimum atomic E-state index is -3.04. The van der Waals surface area contributed by atoms with Crippen molar-refractivity contribution < 1.29 is 23.0 Å². The highest BCUT2D eigenvalue weighted by atomic mass is 19.3. The molecule has 0 aliphatic heterocycles. The third kappa shape index (κ3) is 3.52. The van der Waals surface area contributed by atoms with E-state index >= 15 is 0 Å². The Balaban J connectivity index is 3.03. The van der Waals surface area contributed by atoms with Crippen molar-refractivity contribution in [2.45, 2.75) is 6.61 Å². The first-order valence-electron chi connectivity index (χ1n) is 3.97. The van der Waals surface area contributed by atoms with Crippen LogP contribution in [0.25, 0.3) is 0 Å². The molecule has 2 nitrogen and oxygen atoms in total. The summed E-state index contributed by atoms with van der Waals surface area (Å²) in [5.41, 5.74) is 0.103. The SMILES string of the molecule is OCC#Cc1ccc(F)cc1OC(F)F.